The number of halogens is 2. The molecular weight excluding hydrogens is 895 g/mol. The van der Waals surface area contributed by atoms with Crippen LogP contribution in [0.2, 0.25) is 0 Å². The molecule has 5 aliphatic rings. The number of fused-ring (bicyclic) bond motifs is 1. The van der Waals surface area contributed by atoms with Crippen molar-refractivity contribution in [2.24, 2.45) is 5.92 Å². The molecule has 5 amide bonds. The summed E-state index contributed by atoms with van der Waals surface area (Å²) in [6.45, 7) is 12.8. The summed E-state index contributed by atoms with van der Waals surface area (Å²) in [6, 6.07) is 1.94. The Morgan fingerprint density at radius 1 is 0.913 bits per heavy atom. The summed E-state index contributed by atoms with van der Waals surface area (Å²) in [5, 5.41) is 12.3. The molecular formula is C47H56F2N14O6. The minimum Gasteiger partial charge on any atom is -0.439 e. The second-order valence-electron chi connectivity index (χ2n) is 19.9. The lowest BCUT2D eigenvalue weighted by Crippen LogP contribution is -2.50. The van der Waals surface area contributed by atoms with Gasteiger partial charge in [-0.15, -0.1) is 0 Å². The van der Waals surface area contributed by atoms with Crippen molar-refractivity contribution in [3.05, 3.63) is 58.9 Å². The van der Waals surface area contributed by atoms with Gasteiger partial charge >= 0.3 is 12.1 Å². The standard InChI is InChI=1S/C47H56F2N14O6/c1-26-31(19-51-43(54-26)36-39(57-69-41(36)29-5-6-29)38-37-42(50)52-25-53-44(37)63(56-38)47(2,3)4)30-22-62(23-30)46(67)68-24-35(65)59-10-7-27(8-11-59)20-58-13-15-60(16-14-58)40-32(48)17-28(18-33(40)49)21-61-12-9-34(64)55-45(61)66/h17-19,25,27,29-30H,5-16,20-24H2,1-4H3,(H2,50,52,53)(H,55,64,66). The Morgan fingerprint density at radius 2 is 1.64 bits per heavy atom. The minimum atomic E-state index is -0.683. The van der Waals surface area contributed by atoms with Crippen molar-refractivity contribution in [3.8, 4) is 22.8 Å². The van der Waals surface area contributed by atoms with Gasteiger partial charge in [-0.05, 0) is 82.6 Å². The number of hydrogen-bond acceptors (Lipinski definition) is 15. The fourth-order valence-electron chi connectivity index (χ4n) is 9.91. The SMILES string of the molecule is Cc1nc(-c2c(-c3nn(C(C)(C)C)c4ncnc(N)c34)noc2C2CC2)ncc1C1CN(C(=O)OCC(=O)N2CCC(CN3CCN(c4c(F)cc(CN5CCC(=O)NC5=O)cc4F)CC3)CC2)C1. The predicted molar refractivity (Wildman–Crippen MR) is 247 cm³/mol. The van der Waals surface area contributed by atoms with Crippen LogP contribution in [0.3, 0.4) is 0 Å². The van der Waals surface area contributed by atoms with Crippen LogP contribution in [0.25, 0.3) is 33.8 Å². The fraction of sp³-hybridized carbons (Fsp3) is 0.532. The topological polar surface area (TPSA) is 227 Å². The Labute approximate surface area is 396 Å². The Hall–Kier alpha value is -6.84. The van der Waals surface area contributed by atoms with Crippen LogP contribution in [0.5, 0.6) is 0 Å². The van der Waals surface area contributed by atoms with Crippen molar-refractivity contribution in [2.45, 2.75) is 83.7 Å². The van der Waals surface area contributed by atoms with Crippen LogP contribution in [0.4, 0.5) is 29.9 Å². The van der Waals surface area contributed by atoms with Gasteiger partial charge < -0.3 is 34.6 Å². The van der Waals surface area contributed by atoms with Crippen molar-refractivity contribution in [1.82, 2.24) is 59.8 Å². The molecule has 1 aromatic carbocycles. The third-order valence-corrected chi connectivity index (χ3v) is 13.9. The van der Waals surface area contributed by atoms with E-state index >= 15 is 8.78 Å². The highest BCUT2D eigenvalue weighted by molar-refractivity contribution is 6.00. The molecule has 69 heavy (non-hydrogen) atoms. The monoisotopic (exact) mass is 950 g/mol. The number of ether oxygens (including phenoxy) is 1. The molecule has 0 atom stereocenters. The number of nitrogen functional groups attached to an aromatic ring is 1. The van der Waals surface area contributed by atoms with Gasteiger partial charge in [-0.1, -0.05) is 5.16 Å². The molecule has 4 saturated heterocycles. The number of aryl methyl sites for hydroxylation is 1. The first kappa shape index (κ1) is 45.9. The molecule has 0 radical (unpaired) electrons. The Balaban J connectivity index is 0.680. The summed E-state index contributed by atoms with van der Waals surface area (Å²) in [7, 11) is 0. The highest BCUT2D eigenvalue weighted by atomic mass is 19.1. The van der Waals surface area contributed by atoms with E-state index in [2.05, 4.69) is 25.3 Å². The molecule has 3 N–H and O–H groups in total. The maximum Gasteiger partial charge on any atom is 0.410 e. The molecule has 4 aliphatic heterocycles. The van der Waals surface area contributed by atoms with Gasteiger partial charge in [0.2, 0.25) is 5.91 Å². The summed E-state index contributed by atoms with van der Waals surface area (Å²) in [5.74, 6) is 0.0158. The van der Waals surface area contributed by atoms with E-state index in [9.17, 15) is 19.2 Å². The molecule has 364 valence electrons. The number of hydrogen-bond donors (Lipinski definition) is 2. The van der Waals surface area contributed by atoms with Crippen LogP contribution < -0.4 is 16.0 Å². The highest BCUT2D eigenvalue weighted by Gasteiger charge is 2.39. The number of nitrogens with zero attached hydrogens (tertiary/aromatic N) is 12. The van der Waals surface area contributed by atoms with Gasteiger partial charge in [0.25, 0.3) is 5.91 Å². The van der Waals surface area contributed by atoms with Crippen molar-refractivity contribution >= 4 is 46.5 Å². The first-order valence-electron chi connectivity index (χ1n) is 23.7. The lowest BCUT2D eigenvalue weighted by molar-refractivity contribution is -0.136. The first-order chi connectivity index (χ1) is 33.1. The van der Waals surface area contributed by atoms with E-state index in [4.69, 9.17) is 30.1 Å². The first-order valence-corrected chi connectivity index (χ1v) is 23.7. The van der Waals surface area contributed by atoms with E-state index in [0.717, 1.165) is 43.5 Å². The van der Waals surface area contributed by atoms with Gasteiger partial charge in [0.15, 0.2) is 23.8 Å². The van der Waals surface area contributed by atoms with Gasteiger partial charge in [-0.3, -0.25) is 19.8 Å². The van der Waals surface area contributed by atoms with Crippen molar-refractivity contribution < 1.29 is 37.2 Å². The number of likely N-dealkylation sites (tertiary alicyclic amines) is 2. The molecule has 0 spiro atoms. The highest BCUT2D eigenvalue weighted by Crippen LogP contribution is 2.48. The Bertz CT molecular complexity index is 2800. The number of carbonyl (C=O) groups excluding carboxylic acids is 4. The molecule has 4 aromatic heterocycles. The molecule has 0 unspecified atom stereocenters. The Morgan fingerprint density at radius 3 is 2.30 bits per heavy atom. The quantitative estimate of drug-likeness (QED) is 0.182. The van der Waals surface area contributed by atoms with Crippen LogP contribution >= 0.6 is 0 Å². The summed E-state index contributed by atoms with van der Waals surface area (Å²) in [5.41, 5.74) is 10.1. The van der Waals surface area contributed by atoms with Crippen molar-refractivity contribution in [2.75, 3.05) is 82.7 Å². The second-order valence-corrected chi connectivity index (χ2v) is 19.9. The zero-order chi connectivity index (χ0) is 48.3. The number of imide groups is 1. The zero-order valence-corrected chi connectivity index (χ0v) is 39.2. The molecule has 1 aliphatic carbocycles. The van der Waals surface area contributed by atoms with Crippen molar-refractivity contribution in [3.63, 3.8) is 0 Å². The molecule has 20 nitrogen and oxygen atoms in total. The second kappa shape index (κ2) is 18.2. The number of urea groups is 1. The van der Waals surface area contributed by atoms with E-state index in [1.165, 1.54) is 23.4 Å². The van der Waals surface area contributed by atoms with Gasteiger partial charge in [0.05, 0.1) is 16.5 Å². The third kappa shape index (κ3) is 9.25. The van der Waals surface area contributed by atoms with Gasteiger partial charge in [-0.2, -0.15) is 5.10 Å². The lowest BCUT2D eigenvalue weighted by atomic mass is 9.92. The van der Waals surface area contributed by atoms with Gasteiger partial charge in [-0.25, -0.2) is 43.0 Å². The van der Waals surface area contributed by atoms with Crippen LogP contribution in [-0.2, 0) is 26.4 Å². The fourth-order valence-corrected chi connectivity index (χ4v) is 9.91. The van der Waals surface area contributed by atoms with Crippen LogP contribution in [0.1, 0.15) is 87.3 Å². The number of nitrogens with two attached hydrogens (primary N) is 1. The number of carbonyl (C=O) groups is 4. The summed E-state index contributed by atoms with van der Waals surface area (Å²) in [4.78, 5) is 77.0. The number of rotatable bonds is 11. The zero-order valence-electron chi connectivity index (χ0n) is 39.2. The van der Waals surface area contributed by atoms with Crippen molar-refractivity contribution in [1.29, 1.82) is 0 Å². The largest absolute Gasteiger partial charge is 0.439 e. The number of aromatic nitrogens is 7. The maximum atomic E-state index is 15.3. The van der Waals surface area contributed by atoms with E-state index in [1.54, 1.807) is 20.9 Å². The number of piperidine rings is 1. The van der Waals surface area contributed by atoms with Gasteiger partial charge in [0, 0.05) is 102 Å². The number of amides is 5. The van der Waals surface area contributed by atoms with E-state index < -0.39 is 29.3 Å². The minimum absolute atomic E-state index is 0.0000682. The van der Waals surface area contributed by atoms with E-state index in [-0.39, 0.29) is 61.3 Å². The molecule has 10 rings (SSSR count). The average Bonchev–Trinajstić information content (AvgIpc) is 3.91. The predicted octanol–water partition coefficient (Wildman–Crippen LogP) is 4.78. The lowest BCUT2D eigenvalue weighted by Gasteiger charge is -2.40. The molecule has 5 fully saturated rings. The smallest absolute Gasteiger partial charge is 0.410 e. The van der Waals surface area contributed by atoms with E-state index in [1.807, 2.05) is 32.4 Å². The normalized spacial score (nSPS) is 18.8. The molecule has 0 bridgehead atoms. The number of piperazine rings is 1. The molecule has 22 heteroatoms. The maximum absolute atomic E-state index is 15.3. The molecule has 8 heterocycles. The molecule has 1 saturated carbocycles. The third-order valence-electron chi connectivity index (χ3n) is 13.9. The van der Waals surface area contributed by atoms with Crippen LogP contribution in [0, 0.1) is 24.5 Å². The Kier molecular flexibility index (Phi) is 12.1. The van der Waals surface area contributed by atoms with Crippen LogP contribution in [0.15, 0.2) is 29.2 Å². The van der Waals surface area contributed by atoms with Crippen LogP contribution in [-0.4, -0.2) is 150 Å². The van der Waals surface area contributed by atoms with Gasteiger partial charge in [0.1, 0.15) is 40.9 Å². The summed E-state index contributed by atoms with van der Waals surface area (Å²) in [6.07, 6.45) is 6.34. The summed E-state index contributed by atoms with van der Waals surface area (Å²) >= 11 is 0. The van der Waals surface area contributed by atoms with E-state index in [0.29, 0.717) is 103 Å². The molecule has 5 aromatic rings. The average molecular weight is 951 g/mol. The number of benzene rings is 1. The number of anilines is 2. The number of nitrogens with one attached hydrogen (secondary N) is 1. The summed E-state index contributed by atoms with van der Waals surface area (Å²) < 4.78 is 43.8.